The zero-order chi connectivity index (χ0) is 7.28. The molecule has 0 fully saturated rings. The van der Waals surface area contributed by atoms with Gasteiger partial charge in [-0.25, -0.2) is 0 Å². The average Bonchev–Trinajstić information content (AvgIpc) is 1.63. The number of aliphatic hydroxyl groups is 2. The van der Waals surface area contributed by atoms with E-state index in [1.807, 2.05) is 0 Å². The molecule has 0 aromatic rings. The summed E-state index contributed by atoms with van der Waals surface area (Å²) in [6.07, 6.45) is 1.80. The Morgan fingerprint density at radius 2 is 2.11 bits per heavy atom. The molecule has 0 unspecified atom stereocenters. The van der Waals surface area contributed by atoms with Gasteiger partial charge in [-0.05, 0) is 19.8 Å². The van der Waals surface area contributed by atoms with Crippen LogP contribution in [0.4, 0.5) is 0 Å². The summed E-state index contributed by atoms with van der Waals surface area (Å²) in [6.45, 7) is 5.13. The highest BCUT2D eigenvalue weighted by molar-refractivity contribution is 4.73. The Hall–Kier alpha value is -0.340. The molecule has 0 aliphatic rings. The molecular weight excluding hydrogens is 116 g/mol. The van der Waals surface area contributed by atoms with Crippen LogP contribution in [0.25, 0.3) is 0 Å². The van der Waals surface area contributed by atoms with Gasteiger partial charge in [0.1, 0.15) is 0 Å². The van der Waals surface area contributed by atoms with Gasteiger partial charge in [0.05, 0.1) is 12.2 Å². The van der Waals surface area contributed by atoms with Crippen LogP contribution < -0.4 is 0 Å². The summed E-state index contributed by atoms with van der Waals surface area (Å²) in [5, 5.41) is 17.7. The molecule has 0 saturated carbocycles. The fraction of sp³-hybridized carbons (Fsp3) is 0.714. The summed E-state index contributed by atoms with van der Waals surface area (Å²) >= 11 is 0. The second-order valence-electron chi connectivity index (χ2n) is 2.26. The highest BCUT2D eigenvalue weighted by Gasteiger charge is 2.04. The maximum absolute atomic E-state index is 8.99. The van der Waals surface area contributed by atoms with Gasteiger partial charge in [0, 0.05) is 0 Å². The minimum atomic E-state index is -0.428. The smallest absolute Gasteiger partial charge is 0.0599 e. The maximum atomic E-state index is 8.99. The highest BCUT2D eigenvalue weighted by Crippen LogP contribution is 2.01. The number of hydrogen-bond donors (Lipinski definition) is 2. The molecule has 9 heavy (non-hydrogen) atoms. The normalized spacial score (nSPS) is 16.8. The van der Waals surface area contributed by atoms with Crippen molar-refractivity contribution in [2.45, 2.75) is 32.0 Å². The second kappa shape index (κ2) is 4.53. The monoisotopic (exact) mass is 130 g/mol. The van der Waals surface area contributed by atoms with Gasteiger partial charge >= 0.3 is 0 Å². The van der Waals surface area contributed by atoms with Crippen LogP contribution in [-0.2, 0) is 0 Å². The predicted octanol–water partition coefficient (Wildman–Crippen LogP) is 0.694. The molecule has 54 valence electrons. The van der Waals surface area contributed by atoms with E-state index in [9.17, 15) is 0 Å². The van der Waals surface area contributed by atoms with Crippen LogP contribution in [0.15, 0.2) is 12.7 Å². The summed E-state index contributed by atoms with van der Waals surface area (Å²) in [5.74, 6) is 0. The van der Waals surface area contributed by atoms with Crippen LogP contribution in [-0.4, -0.2) is 22.4 Å². The van der Waals surface area contributed by atoms with Crippen molar-refractivity contribution in [3.63, 3.8) is 0 Å². The van der Waals surface area contributed by atoms with Gasteiger partial charge in [-0.1, -0.05) is 6.08 Å². The first-order valence-corrected chi connectivity index (χ1v) is 3.13. The van der Waals surface area contributed by atoms with Crippen LogP contribution in [0.5, 0.6) is 0 Å². The maximum Gasteiger partial charge on any atom is 0.0599 e. The molecule has 0 spiro atoms. The van der Waals surface area contributed by atoms with Gasteiger partial charge in [-0.3, -0.25) is 0 Å². The molecule has 0 heterocycles. The van der Waals surface area contributed by atoms with E-state index in [1.54, 1.807) is 13.0 Å². The zero-order valence-corrected chi connectivity index (χ0v) is 5.75. The van der Waals surface area contributed by atoms with E-state index in [0.717, 1.165) is 0 Å². The SMILES string of the molecule is C=CC[C@@H](O)C[C@H](C)O. The standard InChI is InChI=1S/C7H14O2/c1-3-4-7(9)5-6(2)8/h3,6-9H,1,4-5H2,2H3/t6-,7+/m0/s1. The van der Waals surface area contributed by atoms with Crippen molar-refractivity contribution in [2.24, 2.45) is 0 Å². The van der Waals surface area contributed by atoms with Crippen molar-refractivity contribution in [3.8, 4) is 0 Å². The van der Waals surface area contributed by atoms with Crippen molar-refractivity contribution < 1.29 is 10.2 Å². The first-order valence-electron chi connectivity index (χ1n) is 3.13. The molecule has 0 aliphatic heterocycles. The number of aliphatic hydroxyl groups excluding tert-OH is 2. The number of rotatable bonds is 4. The first-order chi connectivity index (χ1) is 4.16. The third kappa shape index (κ3) is 5.53. The van der Waals surface area contributed by atoms with Crippen LogP contribution in [0.3, 0.4) is 0 Å². The largest absolute Gasteiger partial charge is 0.393 e. The molecule has 0 amide bonds. The lowest BCUT2D eigenvalue weighted by Crippen LogP contribution is -2.13. The van der Waals surface area contributed by atoms with Crippen LogP contribution in [0.1, 0.15) is 19.8 Å². The van der Waals surface area contributed by atoms with Crippen LogP contribution in [0, 0.1) is 0 Å². The quantitative estimate of drug-likeness (QED) is 0.550. The van der Waals surface area contributed by atoms with E-state index in [0.29, 0.717) is 12.8 Å². The Kier molecular flexibility index (Phi) is 4.36. The fourth-order valence-electron chi connectivity index (χ4n) is 0.682. The van der Waals surface area contributed by atoms with Crippen molar-refractivity contribution in [1.29, 1.82) is 0 Å². The Morgan fingerprint density at radius 1 is 1.56 bits per heavy atom. The lowest BCUT2D eigenvalue weighted by Gasteiger charge is -2.08. The van der Waals surface area contributed by atoms with Crippen molar-refractivity contribution in [2.75, 3.05) is 0 Å². The molecule has 0 saturated heterocycles. The highest BCUT2D eigenvalue weighted by atomic mass is 16.3. The summed E-state index contributed by atoms with van der Waals surface area (Å²) in [5.41, 5.74) is 0. The van der Waals surface area contributed by atoms with Gasteiger partial charge in [0.15, 0.2) is 0 Å². The molecule has 2 heteroatoms. The molecule has 0 aromatic heterocycles. The third-order valence-corrected chi connectivity index (χ3v) is 1.05. The van der Waals surface area contributed by atoms with Gasteiger partial charge in [-0.2, -0.15) is 0 Å². The minimum absolute atomic E-state index is 0.417. The number of hydrogen-bond acceptors (Lipinski definition) is 2. The summed E-state index contributed by atoms with van der Waals surface area (Å²) in [7, 11) is 0. The van der Waals surface area contributed by atoms with Gasteiger partial charge in [-0.15, -0.1) is 6.58 Å². The lowest BCUT2D eigenvalue weighted by atomic mass is 10.1. The van der Waals surface area contributed by atoms with Crippen molar-refractivity contribution >= 4 is 0 Å². The van der Waals surface area contributed by atoms with Crippen molar-refractivity contribution in [1.82, 2.24) is 0 Å². The summed E-state index contributed by atoms with van der Waals surface area (Å²) < 4.78 is 0. The van der Waals surface area contributed by atoms with E-state index >= 15 is 0 Å². The zero-order valence-electron chi connectivity index (χ0n) is 5.75. The predicted molar refractivity (Wildman–Crippen MR) is 37.1 cm³/mol. The lowest BCUT2D eigenvalue weighted by molar-refractivity contribution is 0.0925. The van der Waals surface area contributed by atoms with E-state index in [2.05, 4.69) is 6.58 Å². The Bertz CT molecular complexity index is 79.0. The fourth-order valence-corrected chi connectivity index (χ4v) is 0.682. The van der Waals surface area contributed by atoms with Crippen LogP contribution >= 0.6 is 0 Å². The molecule has 0 rings (SSSR count). The van der Waals surface area contributed by atoms with E-state index in [4.69, 9.17) is 10.2 Å². The van der Waals surface area contributed by atoms with Gasteiger partial charge in [0.2, 0.25) is 0 Å². The average molecular weight is 130 g/mol. The van der Waals surface area contributed by atoms with Crippen LogP contribution in [0.2, 0.25) is 0 Å². The third-order valence-electron chi connectivity index (χ3n) is 1.05. The second-order valence-corrected chi connectivity index (χ2v) is 2.26. The Balaban J connectivity index is 3.25. The Labute approximate surface area is 55.8 Å². The summed E-state index contributed by atoms with van der Waals surface area (Å²) in [4.78, 5) is 0. The first kappa shape index (κ1) is 8.66. The molecule has 0 aromatic carbocycles. The Morgan fingerprint density at radius 3 is 2.44 bits per heavy atom. The molecule has 0 bridgehead atoms. The molecule has 2 N–H and O–H groups in total. The molecule has 0 aliphatic carbocycles. The van der Waals surface area contributed by atoms with Crippen molar-refractivity contribution in [3.05, 3.63) is 12.7 Å². The van der Waals surface area contributed by atoms with E-state index in [-0.39, 0.29) is 0 Å². The molecular formula is C7H14O2. The van der Waals surface area contributed by atoms with E-state index in [1.165, 1.54) is 0 Å². The van der Waals surface area contributed by atoms with E-state index < -0.39 is 12.2 Å². The molecule has 2 nitrogen and oxygen atoms in total. The summed E-state index contributed by atoms with van der Waals surface area (Å²) in [6, 6.07) is 0. The minimum Gasteiger partial charge on any atom is -0.393 e. The van der Waals surface area contributed by atoms with Gasteiger partial charge < -0.3 is 10.2 Å². The molecule has 0 radical (unpaired) electrons. The van der Waals surface area contributed by atoms with Gasteiger partial charge in [0.25, 0.3) is 0 Å². The molecule has 2 atom stereocenters. The topological polar surface area (TPSA) is 40.5 Å².